The minimum absolute atomic E-state index is 0.189. The van der Waals surface area contributed by atoms with E-state index in [4.69, 9.17) is 11.6 Å². The summed E-state index contributed by atoms with van der Waals surface area (Å²) in [4.78, 5) is 11.3. The third-order valence-electron chi connectivity index (χ3n) is 2.13. The van der Waals surface area contributed by atoms with E-state index in [1.165, 1.54) is 0 Å². The van der Waals surface area contributed by atoms with E-state index in [2.05, 4.69) is 13.8 Å². The monoisotopic (exact) mass is 190 g/mol. The Hall–Kier alpha value is -0.0400. The predicted molar refractivity (Wildman–Crippen MR) is 53.7 cm³/mol. The van der Waals surface area contributed by atoms with Crippen LogP contribution in [0.3, 0.4) is 0 Å². The molecule has 1 unspecified atom stereocenters. The van der Waals surface area contributed by atoms with Crippen molar-refractivity contribution in [1.82, 2.24) is 0 Å². The first-order chi connectivity index (χ1) is 5.76. The molecule has 0 aliphatic heterocycles. The highest BCUT2D eigenvalue weighted by molar-refractivity contribution is 6.27. The van der Waals surface area contributed by atoms with Gasteiger partial charge < -0.3 is 0 Å². The third kappa shape index (κ3) is 4.76. The van der Waals surface area contributed by atoms with Crippen molar-refractivity contribution < 1.29 is 4.79 Å². The molecule has 0 saturated heterocycles. The molecule has 0 N–H and O–H groups in total. The van der Waals surface area contributed by atoms with Gasteiger partial charge in [-0.25, -0.2) is 0 Å². The Morgan fingerprint density at radius 3 is 2.33 bits per heavy atom. The van der Waals surface area contributed by atoms with Crippen LogP contribution in [0.4, 0.5) is 0 Å². The molecule has 0 bridgehead atoms. The molecule has 2 heteroatoms. The first kappa shape index (κ1) is 12.0. The molecule has 0 aliphatic rings. The summed E-state index contributed by atoms with van der Waals surface area (Å²) < 4.78 is 0. The van der Waals surface area contributed by atoms with Crippen LogP contribution in [0.25, 0.3) is 0 Å². The largest absolute Gasteiger partial charge is 0.298 e. The number of alkyl halides is 1. The lowest BCUT2D eigenvalue weighted by atomic mass is 9.94. The highest BCUT2D eigenvalue weighted by Gasteiger charge is 2.14. The van der Waals surface area contributed by atoms with Crippen molar-refractivity contribution in [3.8, 4) is 0 Å². The van der Waals surface area contributed by atoms with E-state index in [0.29, 0.717) is 0 Å². The van der Waals surface area contributed by atoms with Crippen molar-refractivity contribution in [2.45, 2.75) is 46.0 Å². The molecule has 0 aromatic carbocycles. The molecule has 1 atom stereocenters. The van der Waals surface area contributed by atoms with Gasteiger partial charge in [-0.15, -0.1) is 11.6 Å². The molecular formula is C10H19ClO. The summed E-state index contributed by atoms with van der Waals surface area (Å²) in [6.45, 7) is 4.26. The van der Waals surface area contributed by atoms with Gasteiger partial charge in [-0.1, -0.05) is 33.1 Å². The standard InChI is InChI=1S/C10H19ClO/c1-3-5-7-9(6-4-2)10(12)8-11/h9H,3-8H2,1-2H3. The molecule has 1 nitrogen and oxygen atoms in total. The van der Waals surface area contributed by atoms with Crippen LogP contribution in [0.1, 0.15) is 46.0 Å². The molecule has 0 amide bonds. The Morgan fingerprint density at radius 1 is 1.25 bits per heavy atom. The molecule has 0 spiro atoms. The van der Waals surface area contributed by atoms with E-state index in [0.717, 1.165) is 32.1 Å². The van der Waals surface area contributed by atoms with Crippen LogP contribution in [0, 0.1) is 5.92 Å². The number of carbonyl (C=O) groups excluding carboxylic acids is 1. The minimum Gasteiger partial charge on any atom is -0.298 e. The van der Waals surface area contributed by atoms with E-state index in [-0.39, 0.29) is 17.6 Å². The van der Waals surface area contributed by atoms with Gasteiger partial charge in [-0.2, -0.15) is 0 Å². The molecule has 0 aliphatic carbocycles. The summed E-state index contributed by atoms with van der Waals surface area (Å²) in [5.74, 6) is 0.647. The summed E-state index contributed by atoms with van der Waals surface area (Å²) in [6.07, 6.45) is 5.42. The van der Waals surface area contributed by atoms with Crippen LogP contribution < -0.4 is 0 Å². The average Bonchev–Trinajstić information content (AvgIpc) is 2.11. The van der Waals surface area contributed by atoms with Gasteiger partial charge in [-0.05, 0) is 12.8 Å². The van der Waals surface area contributed by atoms with Crippen LogP contribution in [-0.2, 0) is 4.79 Å². The quantitative estimate of drug-likeness (QED) is 0.563. The molecule has 0 aromatic rings. The number of halogens is 1. The Kier molecular flexibility index (Phi) is 7.58. The fourth-order valence-corrected chi connectivity index (χ4v) is 1.59. The first-order valence-electron chi connectivity index (χ1n) is 4.84. The van der Waals surface area contributed by atoms with Crippen molar-refractivity contribution in [3.05, 3.63) is 0 Å². The number of hydrogen-bond acceptors (Lipinski definition) is 1. The van der Waals surface area contributed by atoms with Crippen molar-refractivity contribution in [2.24, 2.45) is 5.92 Å². The van der Waals surface area contributed by atoms with Gasteiger partial charge in [0.1, 0.15) is 0 Å². The topological polar surface area (TPSA) is 17.1 Å². The molecule has 72 valence electrons. The zero-order valence-corrected chi connectivity index (χ0v) is 8.86. The maximum absolute atomic E-state index is 11.3. The normalized spacial score (nSPS) is 12.9. The van der Waals surface area contributed by atoms with E-state index in [1.807, 2.05) is 0 Å². The molecular weight excluding hydrogens is 172 g/mol. The van der Waals surface area contributed by atoms with E-state index in [9.17, 15) is 4.79 Å². The zero-order valence-electron chi connectivity index (χ0n) is 8.11. The summed E-state index contributed by atoms with van der Waals surface area (Å²) in [6, 6.07) is 0. The van der Waals surface area contributed by atoms with Crippen molar-refractivity contribution in [2.75, 3.05) is 5.88 Å². The summed E-state index contributed by atoms with van der Waals surface area (Å²) in [7, 11) is 0. The highest BCUT2D eigenvalue weighted by atomic mass is 35.5. The van der Waals surface area contributed by atoms with E-state index in [1.54, 1.807) is 0 Å². The lowest BCUT2D eigenvalue weighted by Crippen LogP contribution is -2.15. The van der Waals surface area contributed by atoms with E-state index >= 15 is 0 Å². The maximum Gasteiger partial charge on any atom is 0.150 e. The highest BCUT2D eigenvalue weighted by Crippen LogP contribution is 2.16. The summed E-state index contributed by atoms with van der Waals surface area (Å²) in [5.41, 5.74) is 0. The SMILES string of the molecule is CCCCC(CCC)C(=O)CCl. The molecule has 0 heterocycles. The van der Waals surface area contributed by atoms with Crippen LogP contribution in [0.15, 0.2) is 0 Å². The Labute approximate surface area is 80.5 Å². The maximum atomic E-state index is 11.3. The fourth-order valence-electron chi connectivity index (χ4n) is 1.37. The summed E-state index contributed by atoms with van der Waals surface area (Å²) in [5, 5.41) is 0. The number of Topliss-reactive ketones (excluding diaryl/α,β-unsaturated/α-hetero) is 1. The number of ketones is 1. The van der Waals surface area contributed by atoms with Crippen LogP contribution in [0.2, 0.25) is 0 Å². The van der Waals surface area contributed by atoms with Gasteiger partial charge >= 0.3 is 0 Å². The van der Waals surface area contributed by atoms with Crippen molar-refractivity contribution in [3.63, 3.8) is 0 Å². The Morgan fingerprint density at radius 2 is 1.92 bits per heavy atom. The number of hydrogen-bond donors (Lipinski definition) is 0. The zero-order chi connectivity index (χ0) is 9.40. The van der Waals surface area contributed by atoms with Gasteiger partial charge in [0.15, 0.2) is 5.78 Å². The van der Waals surface area contributed by atoms with Crippen LogP contribution in [-0.4, -0.2) is 11.7 Å². The molecule has 0 fully saturated rings. The lowest BCUT2D eigenvalue weighted by molar-refractivity contribution is -0.120. The van der Waals surface area contributed by atoms with Gasteiger partial charge in [0.05, 0.1) is 5.88 Å². The van der Waals surface area contributed by atoms with Crippen molar-refractivity contribution in [1.29, 1.82) is 0 Å². The second-order valence-corrected chi connectivity index (χ2v) is 3.50. The molecule has 0 saturated carbocycles. The Balaban J connectivity index is 3.76. The van der Waals surface area contributed by atoms with E-state index < -0.39 is 0 Å². The number of carbonyl (C=O) groups is 1. The fraction of sp³-hybridized carbons (Fsp3) is 0.900. The van der Waals surface area contributed by atoms with Crippen LogP contribution in [0.5, 0.6) is 0 Å². The Bertz CT molecular complexity index is 123. The summed E-state index contributed by atoms with van der Waals surface area (Å²) >= 11 is 5.51. The minimum atomic E-state index is 0.189. The van der Waals surface area contributed by atoms with Gasteiger partial charge in [0.2, 0.25) is 0 Å². The second-order valence-electron chi connectivity index (χ2n) is 3.23. The third-order valence-corrected chi connectivity index (χ3v) is 2.39. The number of unbranched alkanes of at least 4 members (excludes halogenated alkanes) is 1. The predicted octanol–water partition coefficient (Wildman–Crippen LogP) is 3.40. The molecule has 0 rings (SSSR count). The second kappa shape index (κ2) is 7.60. The lowest BCUT2D eigenvalue weighted by Gasteiger charge is -2.12. The van der Waals surface area contributed by atoms with Gasteiger partial charge in [0.25, 0.3) is 0 Å². The number of rotatable bonds is 7. The average molecular weight is 191 g/mol. The molecule has 0 aromatic heterocycles. The molecule has 12 heavy (non-hydrogen) atoms. The van der Waals surface area contributed by atoms with Gasteiger partial charge in [0, 0.05) is 5.92 Å². The van der Waals surface area contributed by atoms with Gasteiger partial charge in [-0.3, -0.25) is 4.79 Å². The van der Waals surface area contributed by atoms with Crippen LogP contribution >= 0.6 is 11.6 Å². The first-order valence-corrected chi connectivity index (χ1v) is 5.38. The smallest absolute Gasteiger partial charge is 0.150 e. The van der Waals surface area contributed by atoms with Crippen molar-refractivity contribution >= 4 is 17.4 Å². The molecule has 0 radical (unpaired) electrons.